The van der Waals surface area contributed by atoms with Gasteiger partial charge in [-0.3, -0.25) is 0 Å². The molecule has 2 unspecified atom stereocenters. The van der Waals surface area contributed by atoms with Gasteiger partial charge in [0.2, 0.25) is 0 Å². The first-order valence-corrected chi connectivity index (χ1v) is 7.43. The van der Waals surface area contributed by atoms with Crippen molar-refractivity contribution in [1.29, 1.82) is 0 Å². The lowest BCUT2D eigenvalue weighted by Gasteiger charge is -2.40. The largest absolute Gasteiger partial charge is 0.444 e. The van der Waals surface area contributed by atoms with E-state index in [4.69, 9.17) is 4.74 Å². The number of rotatable bonds is 3. The number of ether oxygens (including phenoxy) is 1. The molecule has 4 nitrogen and oxygen atoms in total. The first-order valence-electron chi connectivity index (χ1n) is 7.43. The van der Waals surface area contributed by atoms with Gasteiger partial charge < -0.3 is 15.0 Å². The lowest BCUT2D eigenvalue weighted by Crippen LogP contribution is -2.55. The molecule has 0 spiro atoms. The van der Waals surface area contributed by atoms with Gasteiger partial charge in [-0.15, -0.1) is 0 Å². The Labute approximate surface area is 117 Å². The minimum absolute atomic E-state index is 0.184. The summed E-state index contributed by atoms with van der Waals surface area (Å²) in [5.74, 6) is 0.629. The normalized spacial score (nSPS) is 24.7. The Kier molecular flexibility index (Phi) is 5.65. The Morgan fingerprint density at radius 1 is 1.42 bits per heavy atom. The predicted octanol–water partition coefficient (Wildman–Crippen LogP) is 3.02. The summed E-state index contributed by atoms with van der Waals surface area (Å²) < 4.78 is 5.48. The van der Waals surface area contributed by atoms with Crippen LogP contribution >= 0.6 is 0 Å². The minimum atomic E-state index is -0.422. The van der Waals surface area contributed by atoms with Crippen molar-refractivity contribution in [3.05, 3.63) is 0 Å². The Balaban J connectivity index is 2.57. The predicted molar refractivity (Wildman–Crippen MR) is 78.3 cm³/mol. The van der Waals surface area contributed by atoms with Crippen LogP contribution in [0.2, 0.25) is 0 Å². The Hall–Kier alpha value is -0.770. The second kappa shape index (κ2) is 6.60. The zero-order valence-electron chi connectivity index (χ0n) is 13.3. The zero-order valence-corrected chi connectivity index (χ0v) is 13.3. The maximum atomic E-state index is 12.2. The lowest BCUT2D eigenvalue weighted by molar-refractivity contribution is 0.00696. The first kappa shape index (κ1) is 16.3. The van der Waals surface area contributed by atoms with Gasteiger partial charge in [0.05, 0.1) is 0 Å². The number of hydrogen-bond donors (Lipinski definition) is 1. The SMILES string of the molecule is CC(C)CNC1CCCN(C(=O)OC(C)(C)C)C1C. The highest BCUT2D eigenvalue weighted by atomic mass is 16.6. The number of piperidine rings is 1. The van der Waals surface area contributed by atoms with E-state index in [9.17, 15) is 4.79 Å². The minimum Gasteiger partial charge on any atom is -0.444 e. The van der Waals surface area contributed by atoms with Gasteiger partial charge in [0.15, 0.2) is 0 Å². The molecule has 1 aliphatic rings. The first-order chi connectivity index (χ1) is 8.70. The van der Waals surface area contributed by atoms with Gasteiger partial charge >= 0.3 is 6.09 Å². The summed E-state index contributed by atoms with van der Waals surface area (Å²) in [5, 5.41) is 3.57. The summed E-state index contributed by atoms with van der Waals surface area (Å²) >= 11 is 0. The fourth-order valence-corrected chi connectivity index (χ4v) is 2.38. The van der Waals surface area contributed by atoms with Crippen molar-refractivity contribution in [2.45, 2.75) is 72.1 Å². The summed E-state index contributed by atoms with van der Waals surface area (Å²) in [7, 11) is 0. The summed E-state index contributed by atoms with van der Waals surface area (Å²) in [6.07, 6.45) is 1.99. The van der Waals surface area contributed by atoms with Gasteiger partial charge in [-0.2, -0.15) is 0 Å². The van der Waals surface area contributed by atoms with Crippen LogP contribution < -0.4 is 5.32 Å². The third kappa shape index (κ3) is 5.39. The quantitative estimate of drug-likeness (QED) is 0.857. The van der Waals surface area contributed by atoms with Crippen molar-refractivity contribution in [3.63, 3.8) is 0 Å². The van der Waals surface area contributed by atoms with Crippen molar-refractivity contribution in [3.8, 4) is 0 Å². The van der Waals surface area contributed by atoms with Gasteiger partial charge in [0.1, 0.15) is 5.60 Å². The molecular formula is C15H30N2O2. The van der Waals surface area contributed by atoms with E-state index in [1.807, 2.05) is 25.7 Å². The van der Waals surface area contributed by atoms with Crippen LogP contribution in [0.3, 0.4) is 0 Å². The molecule has 0 saturated carbocycles. The van der Waals surface area contributed by atoms with Crippen molar-refractivity contribution >= 4 is 6.09 Å². The molecule has 1 fully saturated rings. The molecule has 0 bridgehead atoms. The molecular weight excluding hydrogens is 240 g/mol. The molecule has 0 aliphatic carbocycles. The molecule has 1 rings (SSSR count). The molecule has 19 heavy (non-hydrogen) atoms. The van der Waals surface area contributed by atoms with E-state index in [0.29, 0.717) is 12.0 Å². The van der Waals surface area contributed by atoms with E-state index in [1.165, 1.54) is 0 Å². The highest BCUT2D eigenvalue weighted by Gasteiger charge is 2.33. The zero-order chi connectivity index (χ0) is 14.6. The molecule has 0 aromatic rings. The van der Waals surface area contributed by atoms with Gasteiger partial charge in [-0.05, 0) is 53.0 Å². The number of nitrogens with one attached hydrogen (secondary N) is 1. The van der Waals surface area contributed by atoms with Gasteiger partial charge in [-0.1, -0.05) is 13.8 Å². The molecule has 2 atom stereocenters. The number of carbonyl (C=O) groups is 1. The molecule has 0 aromatic heterocycles. The maximum Gasteiger partial charge on any atom is 0.410 e. The number of amides is 1. The molecule has 1 saturated heterocycles. The van der Waals surface area contributed by atoms with E-state index in [1.54, 1.807) is 0 Å². The lowest BCUT2D eigenvalue weighted by atomic mass is 9.97. The maximum absolute atomic E-state index is 12.2. The highest BCUT2D eigenvalue weighted by Crippen LogP contribution is 2.20. The van der Waals surface area contributed by atoms with Crippen LogP contribution in [0.1, 0.15) is 54.4 Å². The summed E-state index contributed by atoms with van der Waals surface area (Å²) in [6.45, 7) is 14.0. The van der Waals surface area contributed by atoms with Crippen molar-refractivity contribution in [2.24, 2.45) is 5.92 Å². The van der Waals surface area contributed by atoms with Crippen molar-refractivity contribution < 1.29 is 9.53 Å². The standard InChI is InChI=1S/C15H30N2O2/c1-11(2)10-16-13-8-7-9-17(12(13)3)14(18)19-15(4,5)6/h11-13,16H,7-10H2,1-6H3. The highest BCUT2D eigenvalue weighted by molar-refractivity contribution is 5.68. The second-order valence-corrected chi connectivity index (χ2v) is 6.97. The van der Waals surface area contributed by atoms with Crippen molar-refractivity contribution in [2.75, 3.05) is 13.1 Å². The molecule has 0 radical (unpaired) electrons. The van der Waals surface area contributed by atoms with Crippen LogP contribution in [0.25, 0.3) is 0 Å². The second-order valence-electron chi connectivity index (χ2n) is 6.97. The molecule has 1 amide bonds. The third-order valence-corrected chi connectivity index (χ3v) is 3.40. The summed E-state index contributed by atoms with van der Waals surface area (Å²) in [5.41, 5.74) is -0.422. The van der Waals surface area contributed by atoms with Crippen molar-refractivity contribution in [1.82, 2.24) is 10.2 Å². The van der Waals surface area contributed by atoms with Crippen LogP contribution in [0, 0.1) is 5.92 Å². The molecule has 112 valence electrons. The Bertz CT molecular complexity index is 297. The van der Waals surface area contributed by atoms with E-state index >= 15 is 0 Å². The molecule has 0 aromatic carbocycles. The molecule has 1 heterocycles. The van der Waals surface area contributed by atoms with Crippen LogP contribution in [-0.4, -0.2) is 41.8 Å². The topological polar surface area (TPSA) is 41.6 Å². The van der Waals surface area contributed by atoms with E-state index in [2.05, 4.69) is 26.1 Å². The monoisotopic (exact) mass is 270 g/mol. The van der Waals surface area contributed by atoms with Gasteiger partial charge in [0.25, 0.3) is 0 Å². The van der Waals surface area contributed by atoms with Crippen LogP contribution in [-0.2, 0) is 4.74 Å². The van der Waals surface area contributed by atoms with Gasteiger partial charge in [0, 0.05) is 18.6 Å². The average molecular weight is 270 g/mol. The van der Waals surface area contributed by atoms with Crippen LogP contribution in [0.15, 0.2) is 0 Å². The number of hydrogen-bond acceptors (Lipinski definition) is 3. The van der Waals surface area contributed by atoms with E-state index in [0.717, 1.165) is 25.9 Å². The fourth-order valence-electron chi connectivity index (χ4n) is 2.38. The summed E-state index contributed by atoms with van der Waals surface area (Å²) in [6, 6.07) is 0.575. The van der Waals surface area contributed by atoms with E-state index in [-0.39, 0.29) is 12.1 Å². The number of nitrogens with zero attached hydrogens (tertiary/aromatic N) is 1. The fraction of sp³-hybridized carbons (Fsp3) is 0.933. The average Bonchev–Trinajstić information content (AvgIpc) is 2.25. The smallest absolute Gasteiger partial charge is 0.410 e. The van der Waals surface area contributed by atoms with Crippen LogP contribution in [0.5, 0.6) is 0 Å². The van der Waals surface area contributed by atoms with E-state index < -0.39 is 5.60 Å². The van der Waals surface area contributed by atoms with Gasteiger partial charge in [-0.25, -0.2) is 4.79 Å². The van der Waals surface area contributed by atoms with Crippen LogP contribution in [0.4, 0.5) is 4.79 Å². The Morgan fingerprint density at radius 2 is 2.05 bits per heavy atom. The summed E-state index contributed by atoms with van der Waals surface area (Å²) in [4.78, 5) is 14.1. The molecule has 1 aliphatic heterocycles. The Morgan fingerprint density at radius 3 is 2.58 bits per heavy atom. The number of likely N-dealkylation sites (tertiary alicyclic amines) is 1. The number of carbonyl (C=O) groups excluding carboxylic acids is 1. The molecule has 1 N–H and O–H groups in total. The molecule has 4 heteroatoms. The third-order valence-electron chi connectivity index (χ3n) is 3.40.